The summed E-state index contributed by atoms with van der Waals surface area (Å²) in [5, 5.41) is 2.87. The maximum Gasteiger partial charge on any atom is 0.255 e. The standard InChI is InChI=1S/C24H28N4O3S/c1-18-6-9-21(16-23(18)32(30,31)28-13-4-3-5-14-28)24(29)26-22-10-7-20(8-11-22)17-27-15-12-25-19(27)2/h6-12,15-16H,3-5,13-14,17H2,1-2H3,(H,26,29). The number of imidazole rings is 1. The number of aromatic nitrogens is 2. The van der Waals surface area contributed by atoms with Gasteiger partial charge < -0.3 is 9.88 Å². The van der Waals surface area contributed by atoms with Crippen LogP contribution < -0.4 is 5.32 Å². The van der Waals surface area contributed by atoms with Crippen LogP contribution in [0.15, 0.2) is 59.8 Å². The van der Waals surface area contributed by atoms with Gasteiger partial charge in [-0.15, -0.1) is 0 Å². The van der Waals surface area contributed by atoms with Gasteiger partial charge in [0, 0.05) is 43.3 Å². The van der Waals surface area contributed by atoms with Crippen molar-refractivity contribution in [2.75, 3.05) is 18.4 Å². The Morgan fingerprint density at radius 1 is 1.03 bits per heavy atom. The Morgan fingerprint density at radius 3 is 2.41 bits per heavy atom. The number of hydrogen-bond acceptors (Lipinski definition) is 4. The van der Waals surface area contributed by atoms with E-state index in [0.29, 0.717) is 36.4 Å². The molecule has 0 saturated carbocycles. The summed E-state index contributed by atoms with van der Waals surface area (Å²) >= 11 is 0. The molecule has 7 nitrogen and oxygen atoms in total. The lowest BCUT2D eigenvalue weighted by Crippen LogP contribution is -2.36. The van der Waals surface area contributed by atoms with Gasteiger partial charge in [-0.1, -0.05) is 24.6 Å². The third kappa shape index (κ3) is 4.76. The number of anilines is 1. The first-order valence-electron chi connectivity index (χ1n) is 10.8. The Balaban J connectivity index is 1.49. The highest BCUT2D eigenvalue weighted by Crippen LogP contribution is 2.25. The van der Waals surface area contributed by atoms with Crippen LogP contribution >= 0.6 is 0 Å². The highest BCUT2D eigenvalue weighted by atomic mass is 32.2. The molecule has 1 saturated heterocycles. The normalized spacial score (nSPS) is 14.9. The zero-order valence-corrected chi connectivity index (χ0v) is 19.2. The number of benzene rings is 2. The van der Waals surface area contributed by atoms with Crippen LogP contribution in [0.4, 0.5) is 5.69 Å². The first-order chi connectivity index (χ1) is 15.3. The molecule has 0 spiro atoms. The van der Waals surface area contributed by atoms with Crippen LogP contribution in [0.1, 0.15) is 46.6 Å². The molecule has 1 aliphatic heterocycles. The molecule has 0 atom stereocenters. The second-order valence-electron chi connectivity index (χ2n) is 8.20. The average molecular weight is 453 g/mol. The fourth-order valence-electron chi connectivity index (χ4n) is 3.93. The molecule has 0 radical (unpaired) electrons. The zero-order chi connectivity index (χ0) is 22.7. The number of nitrogens with zero attached hydrogens (tertiary/aromatic N) is 3. The molecule has 1 amide bonds. The van der Waals surface area contributed by atoms with E-state index in [1.807, 2.05) is 42.0 Å². The van der Waals surface area contributed by atoms with Crippen molar-refractivity contribution in [3.05, 3.63) is 77.4 Å². The van der Waals surface area contributed by atoms with Gasteiger partial charge >= 0.3 is 0 Å². The van der Waals surface area contributed by atoms with E-state index in [2.05, 4.69) is 10.3 Å². The molecule has 8 heteroatoms. The van der Waals surface area contributed by atoms with Gasteiger partial charge in [0.05, 0.1) is 4.90 Å². The molecule has 2 heterocycles. The number of hydrogen-bond donors (Lipinski definition) is 1. The maximum atomic E-state index is 13.1. The van der Waals surface area contributed by atoms with Crippen LogP contribution in [0.3, 0.4) is 0 Å². The SMILES string of the molecule is Cc1ccc(C(=O)Nc2ccc(Cn3ccnc3C)cc2)cc1S(=O)(=O)N1CCCCC1. The van der Waals surface area contributed by atoms with Crippen LogP contribution in [0.25, 0.3) is 0 Å². The van der Waals surface area contributed by atoms with Crippen LogP contribution in [-0.2, 0) is 16.6 Å². The Bertz CT molecular complexity index is 1210. The minimum atomic E-state index is -3.61. The van der Waals surface area contributed by atoms with Gasteiger partial charge in [0.1, 0.15) is 5.82 Å². The van der Waals surface area contributed by atoms with Gasteiger partial charge in [0.15, 0.2) is 0 Å². The molecule has 0 aliphatic carbocycles. The van der Waals surface area contributed by atoms with Crippen molar-refractivity contribution >= 4 is 21.6 Å². The second-order valence-corrected chi connectivity index (χ2v) is 10.1. The third-order valence-electron chi connectivity index (χ3n) is 5.87. The Hall–Kier alpha value is -2.97. The molecule has 1 N–H and O–H groups in total. The van der Waals surface area contributed by atoms with Crippen LogP contribution in [0.5, 0.6) is 0 Å². The minimum absolute atomic E-state index is 0.207. The lowest BCUT2D eigenvalue weighted by atomic mass is 10.1. The highest BCUT2D eigenvalue weighted by molar-refractivity contribution is 7.89. The summed E-state index contributed by atoms with van der Waals surface area (Å²) in [4.78, 5) is 17.3. The predicted molar refractivity (Wildman–Crippen MR) is 124 cm³/mol. The van der Waals surface area contributed by atoms with Crippen molar-refractivity contribution in [2.45, 2.75) is 44.6 Å². The summed E-state index contributed by atoms with van der Waals surface area (Å²) in [6.07, 6.45) is 6.49. The lowest BCUT2D eigenvalue weighted by Gasteiger charge is -2.26. The van der Waals surface area contributed by atoms with Crippen LogP contribution in [-0.4, -0.2) is 41.3 Å². The monoisotopic (exact) mass is 452 g/mol. The Morgan fingerprint density at radius 2 is 1.75 bits per heavy atom. The maximum absolute atomic E-state index is 13.1. The summed E-state index contributed by atoms with van der Waals surface area (Å²) in [6, 6.07) is 12.5. The largest absolute Gasteiger partial charge is 0.331 e. The summed E-state index contributed by atoms with van der Waals surface area (Å²) in [5.74, 6) is 0.607. The van der Waals surface area contributed by atoms with Crippen molar-refractivity contribution in [2.24, 2.45) is 0 Å². The molecular formula is C24H28N4O3S. The van der Waals surface area contributed by atoms with E-state index in [4.69, 9.17) is 0 Å². The summed E-state index contributed by atoms with van der Waals surface area (Å²) in [7, 11) is -3.61. The summed E-state index contributed by atoms with van der Waals surface area (Å²) in [5.41, 5.74) is 2.71. The van der Waals surface area contributed by atoms with Crippen molar-refractivity contribution in [3.8, 4) is 0 Å². The van der Waals surface area contributed by atoms with Gasteiger partial charge in [-0.2, -0.15) is 4.31 Å². The molecule has 32 heavy (non-hydrogen) atoms. The predicted octanol–water partition coefficient (Wildman–Crippen LogP) is 3.98. The molecule has 4 rings (SSSR count). The third-order valence-corrected chi connectivity index (χ3v) is 7.91. The number of carbonyl (C=O) groups is 1. The van der Waals surface area contributed by atoms with E-state index in [1.165, 1.54) is 10.4 Å². The molecule has 168 valence electrons. The molecule has 1 aliphatic rings. The number of rotatable bonds is 6. The number of piperidine rings is 1. The minimum Gasteiger partial charge on any atom is -0.331 e. The fraction of sp³-hybridized carbons (Fsp3) is 0.333. The zero-order valence-electron chi connectivity index (χ0n) is 18.4. The topological polar surface area (TPSA) is 84.3 Å². The number of amides is 1. The van der Waals surface area contributed by atoms with E-state index in [0.717, 1.165) is 30.7 Å². The van der Waals surface area contributed by atoms with Crippen LogP contribution in [0, 0.1) is 13.8 Å². The fourth-order valence-corrected chi connectivity index (χ4v) is 5.70. The number of sulfonamides is 1. The first-order valence-corrected chi connectivity index (χ1v) is 12.3. The molecule has 1 aromatic heterocycles. The molecule has 3 aromatic rings. The quantitative estimate of drug-likeness (QED) is 0.613. The van der Waals surface area contributed by atoms with Gasteiger partial charge in [0.25, 0.3) is 5.91 Å². The number of nitrogens with one attached hydrogen (secondary N) is 1. The van der Waals surface area contributed by atoms with Crippen molar-refractivity contribution in [1.82, 2.24) is 13.9 Å². The molecule has 0 unspecified atom stereocenters. The van der Waals surface area contributed by atoms with Crippen molar-refractivity contribution in [3.63, 3.8) is 0 Å². The molecule has 0 bridgehead atoms. The smallest absolute Gasteiger partial charge is 0.255 e. The van der Waals surface area contributed by atoms with Crippen LogP contribution in [0.2, 0.25) is 0 Å². The first kappa shape index (κ1) is 22.2. The van der Waals surface area contributed by atoms with Gasteiger partial charge in [-0.3, -0.25) is 4.79 Å². The van der Waals surface area contributed by atoms with Crippen molar-refractivity contribution < 1.29 is 13.2 Å². The molecule has 2 aromatic carbocycles. The Labute approximate surface area is 189 Å². The second kappa shape index (κ2) is 9.26. The van der Waals surface area contributed by atoms with Gasteiger partial charge in [0.2, 0.25) is 10.0 Å². The highest BCUT2D eigenvalue weighted by Gasteiger charge is 2.28. The van der Waals surface area contributed by atoms with E-state index in [-0.39, 0.29) is 10.8 Å². The average Bonchev–Trinajstić information content (AvgIpc) is 3.20. The van der Waals surface area contributed by atoms with E-state index < -0.39 is 10.0 Å². The molecular weight excluding hydrogens is 424 g/mol. The Kier molecular flexibility index (Phi) is 6.43. The summed E-state index contributed by atoms with van der Waals surface area (Å²) < 4.78 is 29.8. The van der Waals surface area contributed by atoms with E-state index >= 15 is 0 Å². The number of carbonyl (C=O) groups excluding carboxylic acids is 1. The molecule has 1 fully saturated rings. The lowest BCUT2D eigenvalue weighted by molar-refractivity contribution is 0.102. The summed E-state index contributed by atoms with van der Waals surface area (Å²) in [6.45, 7) is 5.48. The van der Waals surface area contributed by atoms with Gasteiger partial charge in [-0.25, -0.2) is 13.4 Å². The van der Waals surface area contributed by atoms with E-state index in [1.54, 1.807) is 25.3 Å². The van der Waals surface area contributed by atoms with E-state index in [9.17, 15) is 13.2 Å². The van der Waals surface area contributed by atoms with Crippen molar-refractivity contribution in [1.29, 1.82) is 0 Å². The number of aryl methyl sites for hydroxylation is 2. The van der Waals surface area contributed by atoms with Gasteiger partial charge in [-0.05, 0) is 62.1 Å².